The van der Waals surface area contributed by atoms with E-state index in [9.17, 15) is 0 Å². The lowest BCUT2D eigenvalue weighted by atomic mass is 9.93. The summed E-state index contributed by atoms with van der Waals surface area (Å²) in [7, 11) is 0. The Balaban J connectivity index is 2.89. The van der Waals surface area contributed by atoms with Crippen LogP contribution in [0.2, 0.25) is 0 Å². The monoisotopic (exact) mass is 153 g/mol. The third-order valence-corrected chi connectivity index (χ3v) is 1.66. The highest BCUT2D eigenvalue weighted by molar-refractivity contribution is 5.12. The fourth-order valence-corrected chi connectivity index (χ4v) is 0.832. The fourth-order valence-electron chi connectivity index (χ4n) is 0.832. The van der Waals surface area contributed by atoms with E-state index in [-0.39, 0.29) is 5.41 Å². The molecule has 0 atom stereocenters. The topological polar surface area (TPSA) is 26.0 Å². The Morgan fingerprint density at radius 2 is 2.09 bits per heavy atom. The van der Waals surface area contributed by atoms with E-state index in [4.69, 9.17) is 4.52 Å². The van der Waals surface area contributed by atoms with Crippen LogP contribution in [0.4, 0.5) is 0 Å². The normalized spacial score (nSPS) is 12.0. The summed E-state index contributed by atoms with van der Waals surface area (Å²) in [6.07, 6.45) is 0.944. The third-order valence-electron chi connectivity index (χ3n) is 1.66. The van der Waals surface area contributed by atoms with E-state index in [0.29, 0.717) is 0 Å². The first-order chi connectivity index (χ1) is 5.04. The molecular weight excluding hydrogens is 138 g/mol. The third kappa shape index (κ3) is 1.82. The first-order valence-electron chi connectivity index (χ1n) is 4.00. The molecule has 0 aromatic carbocycles. The minimum atomic E-state index is 0.0837. The van der Waals surface area contributed by atoms with Crippen molar-refractivity contribution in [1.29, 1.82) is 0 Å². The maximum Gasteiger partial charge on any atom is 0.142 e. The Labute approximate surface area is 67.6 Å². The van der Waals surface area contributed by atoms with Crippen molar-refractivity contribution >= 4 is 0 Å². The van der Waals surface area contributed by atoms with E-state index in [2.05, 4.69) is 32.9 Å². The molecule has 0 aliphatic carbocycles. The molecule has 0 amide bonds. The van der Waals surface area contributed by atoms with Gasteiger partial charge in [0.25, 0.3) is 0 Å². The molecule has 0 unspecified atom stereocenters. The zero-order valence-electron chi connectivity index (χ0n) is 7.64. The molecule has 0 spiro atoms. The minimum absolute atomic E-state index is 0.0837. The van der Waals surface area contributed by atoms with Gasteiger partial charge in [-0.2, -0.15) is 0 Å². The largest absolute Gasteiger partial charge is 0.361 e. The van der Waals surface area contributed by atoms with E-state index >= 15 is 0 Å². The Morgan fingerprint density at radius 3 is 2.36 bits per heavy atom. The molecule has 0 saturated carbocycles. The zero-order valence-corrected chi connectivity index (χ0v) is 7.64. The van der Waals surface area contributed by atoms with Crippen LogP contribution in [-0.2, 0) is 11.8 Å². The molecule has 0 bridgehead atoms. The van der Waals surface area contributed by atoms with Gasteiger partial charge < -0.3 is 4.52 Å². The van der Waals surface area contributed by atoms with Gasteiger partial charge in [-0.15, -0.1) is 0 Å². The predicted molar refractivity (Wildman–Crippen MR) is 44.6 cm³/mol. The van der Waals surface area contributed by atoms with E-state index in [0.717, 1.165) is 17.9 Å². The number of aromatic nitrogens is 1. The SMILES string of the molecule is CCc1cc(C(C)(C)C)on1. The van der Waals surface area contributed by atoms with Gasteiger partial charge in [0.2, 0.25) is 0 Å². The Hall–Kier alpha value is -0.790. The molecule has 1 aromatic heterocycles. The van der Waals surface area contributed by atoms with Crippen LogP contribution in [0.3, 0.4) is 0 Å². The Morgan fingerprint density at radius 1 is 1.45 bits per heavy atom. The van der Waals surface area contributed by atoms with E-state index in [1.54, 1.807) is 0 Å². The van der Waals surface area contributed by atoms with Crippen molar-refractivity contribution in [2.75, 3.05) is 0 Å². The highest BCUT2D eigenvalue weighted by Crippen LogP contribution is 2.22. The summed E-state index contributed by atoms with van der Waals surface area (Å²) in [5, 5.41) is 3.93. The number of rotatable bonds is 1. The molecule has 0 radical (unpaired) electrons. The van der Waals surface area contributed by atoms with Crippen LogP contribution in [0.15, 0.2) is 10.6 Å². The van der Waals surface area contributed by atoms with Gasteiger partial charge in [0, 0.05) is 11.5 Å². The molecule has 0 aliphatic rings. The van der Waals surface area contributed by atoms with Crippen molar-refractivity contribution in [2.24, 2.45) is 0 Å². The molecule has 1 rings (SSSR count). The maximum atomic E-state index is 5.17. The molecule has 62 valence electrons. The summed E-state index contributed by atoms with van der Waals surface area (Å²) in [5.41, 5.74) is 1.12. The van der Waals surface area contributed by atoms with Gasteiger partial charge >= 0.3 is 0 Å². The van der Waals surface area contributed by atoms with E-state index < -0.39 is 0 Å². The van der Waals surface area contributed by atoms with Gasteiger partial charge in [-0.1, -0.05) is 32.9 Å². The molecule has 0 N–H and O–H groups in total. The highest BCUT2D eigenvalue weighted by Gasteiger charge is 2.18. The van der Waals surface area contributed by atoms with Crippen molar-refractivity contribution in [3.63, 3.8) is 0 Å². The molecule has 1 aromatic rings. The van der Waals surface area contributed by atoms with Crippen LogP contribution in [0.25, 0.3) is 0 Å². The van der Waals surface area contributed by atoms with Gasteiger partial charge in [0.05, 0.1) is 5.69 Å². The summed E-state index contributed by atoms with van der Waals surface area (Å²) >= 11 is 0. The summed E-state index contributed by atoms with van der Waals surface area (Å²) in [6.45, 7) is 8.43. The van der Waals surface area contributed by atoms with Crippen LogP contribution >= 0.6 is 0 Å². The van der Waals surface area contributed by atoms with E-state index in [1.165, 1.54) is 0 Å². The van der Waals surface area contributed by atoms with Crippen molar-refractivity contribution < 1.29 is 4.52 Å². The minimum Gasteiger partial charge on any atom is -0.361 e. The van der Waals surface area contributed by atoms with Crippen LogP contribution in [0.5, 0.6) is 0 Å². The summed E-state index contributed by atoms with van der Waals surface area (Å²) < 4.78 is 5.17. The molecule has 0 aliphatic heterocycles. The maximum absolute atomic E-state index is 5.17. The molecule has 0 fully saturated rings. The average molecular weight is 153 g/mol. The lowest BCUT2D eigenvalue weighted by Gasteiger charge is -2.12. The first kappa shape index (κ1) is 8.31. The van der Waals surface area contributed by atoms with Crippen molar-refractivity contribution in [3.05, 3.63) is 17.5 Å². The number of aryl methyl sites for hydroxylation is 1. The number of hydrogen-bond acceptors (Lipinski definition) is 2. The van der Waals surface area contributed by atoms with Gasteiger partial charge in [0.15, 0.2) is 0 Å². The molecule has 2 heteroatoms. The lowest BCUT2D eigenvalue weighted by Crippen LogP contribution is -2.09. The molecular formula is C9H15NO. The van der Waals surface area contributed by atoms with Gasteiger partial charge in [-0.05, 0) is 6.42 Å². The second-order valence-corrected chi connectivity index (χ2v) is 3.79. The standard InChI is InChI=1S/C9H15NO/c1-5-7-6-8(11-10-7)9(2,3)4/h6H,5H2,1-4H3. The van der Waals surface area contributed by atoms with E-state index in [1.807, 2.05) is 6.07 Å². The number of nitrogens with zero attached hydrogens (tertiary/aromatic N) is 1. The average Bonchev–Trinajstić information content (AvgIpc) is 2.32. The van der Waals surface area contributed by atoms with Crippen molar-refractivity contribution in [3.8, 4) is 0 Å². The summed E-state index contributed by atoms with van der Waals surface area (Å²) in [6, 6.07) is 2.03. The van der Waals surface area contributed by atoms with Crippen LogP contribution in [0, 0.1) is 0 Å². The van der Waals surface area contributed by atoms with Gasteiger partial charge in [0.1, 0.15) is 5.76 Å². The van der Waals surface area contributed by atoms with Crippen LogP contribution in [-0.4, -0.2) is 5.16 Å². The highest BCUT2D eigenvalue weighted by atomic mass is 16.5. The smallest absolute Gasteiger partial charge is 0.142 e. The second-order valence-electron chi connectivity index (χ2n) is 3.79. The molecule has 11 heavy (non-hydrogen) atoms. The summed E-state index contributed by atoms with van der Waals surface area (Å²) in [4.78, 5) is 0. The van der Waals surface area contributed by atoms with Crippen molar-refractivity contribution in [2.45, 2.75) is 39.5 Å². The van der Waals surface area contributed by atoms with Crippen molar-refractivity contribution in [1.82, 2.24) is 5.16 Å². The second kappa shape index (κ2) is 2.68. The zero-order chi connectivity index (χ0) is 8.48. The lowest BCUT2D eigenvalue weighted by molar-refractivity contribution is 0.326. The summed E-state index contributed by atoms with van der Waals surface area (Å²) in [5.74, 6) is 0.967. The Bertz CT molecular complexity index is 232. The quantitative estimate of drug-likeness (QED) is 0.619. The number of hydrogen-bond donors (Lipinski definition) is 0. The predicted octanol–water partition coefficient (Wildman–Crippen LogP) is 2.53. The fraction of sp³-hybridized carbons (Fsp3) is 0.667. The Kier molecular flexibility index (Phi) is 2.03. The van der Waals surface area contributed by atoms with Gasteiger partial charge in [-0.3, -0.25) is 0 Å². The van der Waals surface area contributed by atoms with Crippen LogP contribution < -0.4 is 0 Å². The molecule has 2 nitrogen and oxygen atoms in total. The molecule has 1 heterocycles. The first-order valence-corrected chi connectivity index (χ1v) is 4.00. The van der Waals surface area contributed by atoms with Gasteiger partial charge in [-0.25, -0.2) is 0 Å². The van der Waals surface area contributed by atoms with Crippen LogP contribution in [0.1, 0.15) is 39.1 Å². The molecule has 0 saturated heterocycles.